The number of amides is 1. The van der Waals surface area contributed by atoms with Gasteiger partial charge in [0.2, 0.25) is 0 Å². The van der Waals surface area contributed by atoms with E-state index in [9.17, 15) is 9.59 Å². The van der Waals surface area contributed by atoms with Crippen LogP contribution >= 0.6 is 0 Å². The molecule has 1 aromatic rings. The van der Waals surface area contributed by atoms with Crippen LogP contribution in [-0.4, -0.2) is 135 Å². The number of methoxy groups -OCH3 is 1. The van der Waals surface area contributed by atoms with Crippen LogP contribution in [0.4, 0.5) is 4.79 Å². The van der Waals surface area contributed by atoms with E-state index in [4.69, 9.17) is 9.47 Å². The molecule has 3 heterocycles. The lowest BCUT2D eigenvalue weighted by atomic mass is 10.2. The minimum absolute atomic E-state index is 0.0683. The lowest BCUT2D eigenvalue weighted by Crippen LogP contribution is -2.50. The summed E-state index contributed by atoms with van der Waals surface area (Å²) in [5.74, 6) is -0.192. The number of carbonyl (C=O) groups is 2. The van der Waals surface area contributed by atoms with Gasteiger partial charge in [-0.3, -0.25) is 19.5 Å². The van der Waals surface area contributed by atoms with Crippen molar-refractivity contribution in [3.8, 4) is 0 Å². The lowest BCUT2D eigenvalue weighted by Gasteiger charge is -2.35. The highest BCUT2D eigenvalue weighted by atomic mass is 16.6. The highest BCUT2D eigenvalue weighted by Gasteiger charge is 2.33. The van der Waals surface area contributed by atoms with E-state index >= 15 is 0 Å². The molecule has 0 radical (unpaired) electrons. The van der Waals surface area contributed by atoms with Gasteiger partial charge in [0.15, 0.2) is 0 Å². The molecule has 1 amide bonds. The summed E-state index contributed by atoms with van der Waals surface area (Å²) < 4.78 is 10.4. The summed E-state index contributed by atoms with van der Waals surface area (Å²) in [6.07, 6.45) is 0.732. The third-order valence-corrected chi connectivity index (χ3v) is 7.07. The molecule has 0 aromatic heterocycles. The molecule has 0 aliphatic carbocycles. The molecule has 34 heavy (non-hydrogen) atoms. The molecule has 9 nitrogen and oxygen atoms in total. The molecule has 188 valence electrons. The summed E-state index contributed by atoms with van der Waals surface area (Å²) >= 11 is 0. The topological polar surface area (TPSA) is 68.8 Å². The standard InChI is InChI=1S/C25H39N5O4/c1-33-24(31)21-29-16-14-28(15-17-29)19-23-20-30(25(32)34-23)9-5-8-26-10-12-27(13-11-26)18-22-6-3-2-4-7-22/h2-4,6-7,23H,5,8-21H2,1H3. The van der Waals surface area contributed by atoms with Crippen LogP contribution in [0.3, 0.4) is 0 Å². The molecule has 9 heteroatoms. The van der Waals surface area contributed by atoms with E-state index in [1.54, 1.807) is 0 Å². The number of esters is 1. The first-order chi connectivity index (χ1) is 16.6. The predicted octanol–water partition coefficient (Wildman–Crippen LogP) is 0.806. The zero-order valence-corrected chi connectivity index (χ0v) is 20.4. The van der Waals surface area contributed by atoms with E-state index in [0.29, 0.717) is 13.1 Å². The van der Waals surface area contributed by atoms with E-state index in [0.717, 1.165) is 85.0 Å². The second-order valence-corrected chi connectivity index (χ2v) is 9.56. The van der Waals surface area contributed by atoms with E-state index in [-0.39, 0.29) is 18.2 Å². The summed E-state index contributed by atoms with van der Waals surface area (Å²) in [5, 5.41) is 0. The smallest absolute Gasteiger partial charge is 0.410 e. The maximum atomic E-state index is 12.3. The van der Waals surface area contributed by atoms with Crippen molar-refractivity contribution >= 4 is 12.1 Å². The van der Waals surface area contributed by atoms with Crippen LogP contribution < -0.4 is 0 Å². The number of rotatable bonds is 10. The number of benzene rings is 1. The molecule has 3 fully saturated rings. The Morgan fingerprint density at radius 3 is 2.26 bits per heavy atom. The lowest BCUT2D eigenvalue weighted by molar-refractivity contribution is -0.142. The average molecular weight is 474 g/mol. The monoisotopic (exact) mass is 473 g/mol. The summed E-state index contributed by atoms with van der Waals surface area (Å²) in [5.41, 5.74) is 1.38. The molecular formula is C25H39N5O4. The molecule has 0 spiro atoms. The van der Waals surface area contributed by atoms with Gasteiger partial charge in [-0.05, 0) is 18.5 Å². The third-order valence-electron chi connectivity index (χ3n) is 7.07. The molecular weight excluding hydrogens is 434 g/mol. The Morgan fingerprint density at radius 2 is 1.56 bits per heavy atom. The van der Waals surface area contributed by atoms with Crippen molar-refractivity contribution in [2.75, 3.05) is 92.2 Å². The molecule has 1 aromatic carbocycles. The highest BCUT2D eigenvalue weighted by Crippen LogP contribution is 2.15. The van der Waals surface area contributed by atoms with E-state index in [2.05, 4.69) is 49.9 Å². The van der Waals surface area contributed by atoms with Gasteiger partial charge in [0.05, 0.1) is 20.2 Å². The summed E-state index contributed by atoms with van der Waals surface area (Å²) in [7, 11) is 1.42. The van der Waals surface area contributed by atoms with Crippen LogP contribution in [0.2, 0.25) is 0 Å². The average Bonchev–Trinajstić information content (AvgIpc) is 3.20. The second-order valence-electron chi connectivity index (χ2n) is 9.56. The molecule has 0 bridgehead atoms. The number of carbonyl (C=O) groups excluding carboxylic acids is 2. The van der Waals surface area contributed by atoms with Crippen molar-refractivity contribution < 1.29 is 19.1 Å². The molecule has 0 N–H and O–H groups in total. The Balaban J connectivity index is 1.08. The Hall–Kier alpha value is -2.20. The second kappa shape index (κ2) is 12.5. The van der Waals surface area contributed by atoms with Crippen LogP contribution in [-0.2, 0) is 20.8 Å². The molecule has 4 rings (SSSR count). The molecule has 3 aliphatic heterocycles. The molecule has 3 saturated heterocycles. The van der Waals surface area contributed by atoms with Gasteiger partial charge in [-0.1, -0.05) is 30.3 Å². The predicted molar refractivity (Wildman–Crippen MR) is 130 cm³/mol. The van der Waals surface area contributed by atoms with Crippen molar-refractivity contribution in [3.63, 3.8) is 0 Å². The van der Waals surface area contributed by atoms with Gasteiger partial charge in [-0.25, -0.2) is 4.79 Å². The van der Waals surface area contributed by atoms with Crippen LogP contribution in [0.5, 0.6) is 0 Å². The van der Waals surface area contributed by atoms with Crippen LogP contribution in [0.15, 0.2) is 30.3 Å². The Kier molecular flexibility index (Phi) is 9.15. The zero-order chi connectivity index (χ0) is 23.8. The first kappa shape index (κ1) is 24.9. The van der Waals surface area contributed by atoms with Crippen molar-refractivity contribution in [3.05, 3.63) is 35.9 Å². The van der Waals surface area contributed by atoms with E-state index < -0.39 is 0 Å². The van der Waals surface area contributed by atoms with Gasteiger partial charge in [0.1, 0.15) is 6.10 Å². The largest absolute Gasteiger partial charge is 0.468 e. The molecule has 3 aliphatic rings. The number of hydrogen-bond donors (Lipinski definition) is 0. The fourth-order valence-electron chi connectivity index (χ4n) is 5.02. The van der Waals surface area contributed by atoms with Crippen LogP contribution in [0.25, 0.3) is 0 Å². The van der Waals surface area contributed by atoms with Gasteiger partial charge in [0, 0.05) is 72.0 Å². The van der Waals surface area contributed by atoms with E-state index in [1.165, 1.54) is 12.7 Å². The third kappa shape index (κ3) is 7.40. The Morgan fingerprint density at radius 1 is 0.912 bits per heavy atom. The minimum atomic E-state index is -0.192. The maximum absolute atomic E-state index is 12.3. The van der Waals surface area contributed by atoms with Gasteiger partial charge in [-0.2, -0.15) is 0 Å². The first-order valence-corrected chi connectivity index (χ1v) is 12.5. The van der Waals surface area contributed by atoms with Crippen LogP contribution in [0.1, 0.15) is 12.0 Å². The minimum Gasteiger partial charge on any atom is -0.468 e. The summed E-state index contributed by atoms with van der Waals surface area (Å²) in [6.45, 7) is 12.4. The maximum Gasteiger partial charge on any atom is 0.410 e. The fraction of sp³-hybridized carbons (Fsp3) is 0.680. The highest BCUT2D eigenvalue weighted by molar-refractivity contribution is 5.71. The van der Waals surface area contributed by atoms with Crippen molar-refractivity contribution in [2.45, 2.75) is 19.1 Å². The van der Waals surface area contributed by atoms with E-state index in [1.807, 2.05) is 4.90 Å². The van der Waals surface area contributed by atoms with Gasteiger partial charge < -0.3 is 19.3 Å². The quantitative estimate of drug-likeness (QED) is 0.463. The molecule has 1 unspecified atom stereocenters. The summed E-state index contributed by atoms with van der Waals surface area (Å²) in [6, 6.07) is 10.7. The van der Waals surface area contributed by atoms with Gasteiger partial charge >= 0.3 is 12.1 Å². The number of hydrogen-bond acceptors (Lipinski definition) is 8. The SMILES string of the molecule is COC(=O)CN1CCN(CC2CN(CCCN3CCN(Cc4ccccc4)CC3)C(=O)O2)CC1. The fourth-order valence-corrected chi connectivity index (χ4v) is 5.02. The Bertz CT molecular complexity index is 779. The first-order valence-electron chi connectivity index (χ1n) is 12.5. The normalized spacial score (nSPS) is 23.3. The number of nitrogens with zero attached hydrogens (tertiary/aromatic N) is 5. The summed E-state index contributed by atoms with van der Waals surface area (Å²) in [4.78, 5) is 35.1. The number of ether oxygens (including phenoxy) is 2. The van der Waals surface area contributed by atoms with Crippen molar-refractivity contribution in [1.29, 1.82) is 0 Å². The van der Waals surface area contributed by atoms with Crippen molar-refractivity contribution in [2.24, 2.45) is 0 Å². The van der Waals surface area contributed by atoms with Crippen molar-refractivity contribution in [1.82, 2.24) is 24.5 Å². The zero-order valence-electron chi connectivity index (χ0n) is 20.4. The number of piperazine rings is 2. The van der Waals surface area contributed by atoms with Crippen LogP contribution in [0, 0.1) is 0 Å². The van der Waals surface area contributed by atoms with Gasteiger partial charge in [0.25, 0.3) is 0 Å². The molecule has 1 atom stereocenters. The number of cyclic esters (lactones) is 1. The van der Waals surface area contributed by atoms with Gasteiger partial charge in [-0.15, -0.1) is 0 Å². The molecule has 0 saturated carbocycles. The Labute approximate surface area is 203 Å².